The number of carbonyl (C=O) groups excluding carboxylic acids is 3. The van der Waals surface area contributed by atoms with Gasteiger partial charge in [0, 0.05) is 64.8 Å². The van der Waals surface area contributed by atoms with E-state index in [9.17, 15) is 19.5 Å². The van der Waals surface area contributed by atoms with Gasteiger partial charge in [-0.05, 0) is 25.0 Å². The van der Waals surface area contributed by atoms with E-state index < -0.39 is 30.1 Å². The van der Waals surface area contributed by atoms with Crippen LogP contribution in [0.2, 0.25) is 0 Å². The first-order valence-electron chi connectivity index (χ1n) is 16.2. The smallest absolute Gasteiger partial charge is 0.410 e. The standard InChI is InChI=1S/C35H35N5O5/c41-25-18-39-23-12-6-4-10-21(23)27-29-30(34(43)36-33(29)42)28-22-11-5-7-13-24(22)40(32(28)31(27)39)19-26(25)45-35(44)38-16-14-37(15-17-38)20-8-2-1-3-9-20/h4-7,10-13,20,25-26,41H,1-3,8-9,14-19H2,(H,36,42,43). The second-order valence-corrected chi connectivity index (χ2v) is 13.0. The molecule has 45 heavy (non-hydrogen) atoms. The Balaban J connectivity index is 1.16. The molecule has 1 aliphatic carbocycles. The summed E-state index contributed by atoms with van der Waals surface area (Å²) < 4.78 is 10.3. The van der Waals surface area contributed by atoms with Crippen LogP contribution in [0.1, 0.15) is 52.8 Å². The van der Waals surface area contributed by atoms with Gasteiger partial charge in [0.25, 0.3) is 11.8 Å². The maximum atomic E-state index is 13.6. The molecule has 0 spiro atoms. The second-order valence-electron chi connectivity index (χ2n) is 13.0. The number of aliphatic hydroxyl groups excluding tert-OH is 1. The summed E-state index contributed by atoms with van der Waals surface area (Å²) >= 11 is 0. The number of benzene rings is 3. The number of piperazine rings is 1. The number of fused-ring (bicyclic) bond motifs is 9. The Morgan fingerprint density at radius 2 is 1.31 bits per heavy atom. The first-order valence-corrected chi connectivity index (χ1v) is 16.2. The minimum absolute atomic E-state index is 0.169. The molecule has 2 atom stereocenters. The van der Waals surface area contributed by atoms with Crippen LogP contribution >= 0.6 is 0 Å². The van der Waals surface area contributed by atoms with Gasteiger partial charge in [-0.25, -0.2) is 4.79 Å². The number of imide groups is 1. The third kappa shape index (κ3) is 3.91. The van der Waals surface area contributed by atoms with Gasteiger partial charge < -0.3 is 23.9 Å². The van der Waals surface area contributed by atoms with Crippen LogP contribution < -0.4 is 5.32 Å². The molecule has 2 aromatic heterocycles. The Hall–Kier alpha value is -4.41. The fourth-order valence-electron chi connectivity index (χ4n) is 8.56. The molecule has 3 aromatic carbocycles. The molecule has 3 aliphatic heterocycles. The van der Waals surface area contributed by atoms with Crippen molar-refractivity contribution in [3.05, 3.63) is 59.7 Å². The number of para-hydroxylation sites is 2. The van der Waals surface area contributed by atoms with Gasteiger partial charge in [0.1, 0.15) is 12.2 Å². The van der Waals surface area contributed by atoms with E-state index in [-0.39, 0.29) is 13.1 Å². The van der Waals surface area contributed by atoms with Crippen molar-refractivity contribution >= 4 is 61.5 Å². The molecule has 4 aliphatic rings. The molecule has 0 bridgehead atoms. The Morgan fingerprint density at radius 1 is 0.756 bits per heavy atom. The summed E-state index contributed by atoms with van der Waals surface area (Å²) in [5, 5.41) is 17.4. The molecule has 10 nitrogen and oxygen atoms in total. The average molecular weight is 606 g/mol. The van der Waals surface area contributed by atoms with E-state index in [1.807, 2.05) is 53.1 Å². The van der Waals surface area contributed by atoms with Crippen molar-refractivity contribution in [1.82, 2.24) is 24.3 Å². The van der Waals surface area contributed by atoms with Crippen molar-refractivity contribution < 1.29 is 24.2 Å². The van der Waals surface area contributed by atoms with E-state index in [4.69, 9.17) is 4.74 Å². The molecule has 2 unspecified atom stereocenters. The van der Waals surface area contributed by atoms with E-state index in [1.165, 1.54) is 32.1 Å². The first kappa shape index (κ1) is 26.9. The number of nitrogens with one attached hydrogen (secondary N) is 1. The van der Waals surface area contributed by atoms with Crippen molar-refractivity contribution in [2.45, 2.75) is 63.4 Å². The summed E-state index contributed by atoms with van der Waals surface area (Å²) in [5.41, 5.74) is 4.06. The Labute approximate surface area is 259 Å². The van der Waals surface area contributed by atoms with Crippen LogP contribution in [0.15, 0.2) is 48.5 Å². The van der Waals surface area contributed by atoms with Crippen molar-refractivity contribution in [3.8, 4) is 0 Å². The van der Waals surface area contributed by atoms with Crippen LogP contribution in [0.3, 0.4) is 0 Å². The lowest BCUT2D eigenvalue weighted by Crippen LogP contribution is -2.53. The minimum atomic E-state index is -1.01. The maximum absolute atomic E-state index is 13.6. The van der Waals surface area contributed by atoms with Gasteiger partial charge in [-0.3, -0.25) is 19.8 Å². The van der Waals surface area contributed by atoms with Gasteiger partial charge in [-0.15, -0.1) is 0 Å². The van der Waals surface area contributed by atoms with Crippen molar-refractivity contribution in [3.63, 3.8) is 0 Å². The number of aliphatic hydroxyl groups is 1. The van der Waals surface area contributed by atoms with Crippen LogP contribution in [0.4, 0.5) is 4.79 Å². The predicted molar refractivity (Wildman–Crippen MR) is 171 cm³/mol. The molecule has 3 amide bonds. The molecule has 5 heterocycles. The number of hydrogen-bond acceptors (Lipinski definition) is 6. The molecule has 2 N–H and O–H groups in total. The number of carbonyl (C=O) groups is 3. The average Bonchev–Trinajstić information content (AvgIpc) is 3.67. The lowest BCUT2D eigenvalue weighted by molar-refractivity contribution is -0.0309. The molecule has 9 rings (SSSR count). The third-order valence-corrected chi connectivity index (χ3v) is 10.7. The second kappa shape index (κ2) is 10.1. The zero-order valence-electron chi connectivity index (χ0n) is 25.0. The van der Waals surface area contributed by atoms with E-state index in [1.54, 1.807) is 4.90 Å². The van der Waals surface area contributed by atoms with Gasteiger partial charge in [0.15, 0.2) is 0 Å². The Kier molecular flexibility index (Phi) is 6.02. The summed E-state index contributed by atoms with van der Waals surface area (Å²) in [4.78, 5) is 44.7. The fraction of sp³-hybridized carbons (Fsp3) is 0.400. The minimum Gasteiger partial charge on any atom is -0.441 e. The van der Waals surface area contributed by atoms with E-state index in [0.29, 0.717) is 41.0 Å². The SMILES string of the molecule is O=C1NC(=O)c2c1c1c3ccccc3n3c1c1c2c2ccccc2n1CC(OC(=O)N1CCN(C2CCCCC2)CC1)C(O)C3. The largest absolute Gasteiger partial charge is 0.441 e. The Bertz CT molecular complexity index is 2060. The number of hydrogen-bond donors (Lipinski definition) is 2. The van der Waals surface area contributed by atoms with Crippen LogP contribution in [0.5, 0.6) is 0 Å². The Morgan fingerprint density at radius 3 is 1.91 bits per heavy atom. The first-order chi connectivity index (χ1) is 22.0. The predicted octanol–water partition coefficient (Wildman–Crippen LogP) is 4.62. The number of nitrogens with zero attached hydrogens (tertiary/aromatic N) is 4. The highest BCUT2D eigenvalue weighted by atomic mass is 16.6. The summed E-state index contributed by atoms with van der Waals surface area (Å²) in [6.45, 7) is 3.27. The summed E-state index contributed by atoms with van der Waals surface area (Å²) in [7, 11) is 0. The molecule has 1 saturated carbocycles. The highest BCUT2D eigenvalue weighted by molar-refractivity contribution is 6.39. The van der Waals surface area contributed by atoms with E-state index >= 15 is 0 Å². The van der Waals surface area contributed by atoms with Gasteiger partial charge in [0.05, 0.1) is 35.2 Å². The van der Waals surface area contributed by atoms with Crippen LogP contribution in [-0.4, -0.2) is 86.4 Å². The number of ether oxygens (including phenoxy) is 1. The van der Waals surface area contributed by atoms with Crippen molar-refractivity contribution in [2.75, 3.05) is 26.2 Å². The number of aromatic nitrogens is 2. The topological polar surface area (TPSA) is 109 Å². The molecule has 0 radical (unpaired) electrons. The lowest BCUT2D eigenvalue weighted by atomic mass is 9.94. The maximum Gasteiger partial charge on any atom is 0.410 e. The van der Waals surface area contributed by atoms with Crippen LogP contribution in [-0.2, 0) is 17.8 Å². The molecule has 2 fully saturated rings. The molecular weight excluding hydrogens is 570 g/mol. The number of amides is 3. The zero-order valence-corrected chi connectivity index (χ0v) is 25.0. The fourth-order valence-corrected chi connectivity index (χ4v) is 8.56. The highest BCUT2D eigenvalue weighted by Crippen LogP contribution is 2.45. The monoisotopic (exact) mass is 605 g/mol. The molecule has 1 saturated heterocycles. The summed E-state index contributed by atoms with van der Waals surface area (Å²) in [5.74, 6) is -0.816. The van der Waals surface area contributed by atoms with E-state index in [2.05, 4.69) is 14.8 Å². The quantitative estimate of drug-likeness (QED) is 0.285. The van der Waals surface area contributed by atoms with Crippen molar-refractivity contribution in [2.24, 2.45) is 0 Å². The zero-order chi connectivity index (χ0) is 30.4. The lowest BCUT2D eigenvalue weighted by Gasteiger charge is -2.40. The van der Waals surface area contributed by atoms with Gasteiger partial charge in [-0.1, -0.05) is 55.7 Å². The third-order valence-electron chi connectivity index (χ3n) is 10.7. The molecule has 5 aromatic rings. The van der Waals surface area contributed by atoms with Crippen LogP contribution in [0, 0.1) is 0 Å². The van der Waals surface area contributed by atoms with Crippen LogP contribution in [0.25, 0.3) is 43.6 Å². The van der Waals surface area contributed by atoms with Gasteiger partial charge in [0.2, 0.25) is 0 Å². The normalized spacial score (nSPS) is 22.8. The number of rotatable bonds is 2. The van der Waals surface area contributed by atoms with Gasteiger partial charge >= 0.3 is 6.09 Å². The molecular formula is C35H35N5O5. The summed E-state index contributed by atoms with van der Waals surface area (Å²) in [6.07, 6.45) is 4.11. The summed E-state index contributed by atoms with van der Waals surface area (Å²) in [6, 6.07) is 16.2. The van der Waals surface area contributed by atoms with E-state index in [0.717, 1.165) is 45.9 Å². The highest BCUT2D eigenvalue weighted by Gasteiger charge is 2.39. The molecule has 10 heteroatoms. The van der Waals surface area contributed by atoms with Gasteiger partial charge in [-0.2, -0.15) is 0 Å². The van der Waals surface area contributed by atoms with Crippen molar-refractivity contribution in [1.29, 1.82) is 0 Å². The molecule has 230 valence electrons.